The fraction of sp³-hybridized carbons (Fsp3) is 0.316. The van der Waals surface area contributed by atoms with Crippen molar-refractivity contribution >= 4 is 21.6 Å². The third kappa shape index (κ3) is 4.84. The van der Waals surface area contributed by atoms with Crippen LogP contribution in [-0.2, 0) is 19.6 Å². The van der Waals surface area contributed by atoms with E-state index in [1.165, 1.54) is 12.1 Å². The van der Waals surface area contributed by atoms with E-state index in [-0.39, 0.29) is 17.5 Å². The predicted octanol–water partition coefficient (Wildman–Crippen LogP) is 2.32. The molecular weight excluding hydrogens is 371 g/mol. The zero-order chi connectivity index (χ0) is 19.3. The lowest BCUT2D eigenvalue weighted by atomic mass is 10.2. The molecule has 1 aliphatic rings. The van der Waals surface area contributed by atoms with Gasteiger partial charge in [-0.3, -0.25) is 9.10 Å². The van der Waals surface area contributed by atoms with E-state index in [9.17, 15) is 17.6 Å². The SMILES string of the molecule is O=C(CN(c1ccccc1)S(=O)(=O)c1ccc(F)cc1)NC[C@H]1CCCO1. The van der Waals surface area contributed by atoms with Gasteiger partial charge in [0.15, 0.2) is 0 Å². The number of hydrogen-bond acceptors (Lipinski definition) is 4. The van der Waals surface area contributed by atoms with Gasteiger partial charge in [0.25, 0.3) is 10.0 Å². The smallest absolute Gasteiger partial charge is 0.264 e. The minimum atomic E-state index is -4.03. The lowest BCUT2D eigenvalue weighted by Crippen LogP contribution is -2.42. The van der Waals surface area contributed by atoms with Crippen molar-refractivity contribution in [2.45, 2.75) is 23.8 Å². The number of anilines is 1. The molecule has 0 bridgehead atoms. The summed E-state index contributed by atoms with van der Waals surface area (Å²) in [5.74, 6) is -0.963. The van der Waals surface area contributed by atoms with Gasteiger partial charge in [0.05, 0.1) is 16.7 Å². The standard InChI is InChI=1S/C19H21FN2O4S/c20-15-8-10-18(11-9-15)27(24,25)22(16-5-2-1-3-6-16)14-19(23)21-13-17-7-4-12-26-17/h1-3,5-6,8-11,17H,4,7,12-14H2,(H,21,23)/t17-/m1/s1. The highest BCUT2D eigenvalue weighted by Crippen LogP contribution is 2.23. The molecule has 27 heavy (non-hydrogen) atoms. The van der Waals surface area contributed by atoms with E-state index in [0.717, 1.165) is 29.3 Å². The van der Waals surface area contributed by atoms with E-state index in [0.29, 0.717) is 18.8 Å². The summed E-state index contributed by atoms with van der Waals surface area (Å²) in [5, 5.41) is 2.73. The van der Waals surface area contributed by atoms with Crippen LogP contribution in [0.1, 0.15) is 12.8 Å². The van der Waals surface area contributed by atoms with E-state index in [2.05, 4.69) is 5.32 Å². The summed E-state index contributed by atoms with van der Waals surface area (Å²) < 4.78 is 45.7. The minimum Gasteiger partial charge on any atom is -0.376 e. The second kappa shape index (κ2) is 8.49. The molecule has 0 aromatic heterocycles. The van der Waals surface area contributed by atoms with Crippen LogP contribution in [0.15, 0.2) is 59.5 Å². The summed E-state index contributed by atoms with van der Waals surface area (Å²) in [6.45, 7) is 0.643. The summed E-state index contributed by atoms with van der Waals surface area (Å²) in [4.78, 5) is 12.3. The molecule has 1 heterocycles. The first-order valence-corrected chi connectivity index (χ1v) is 10.1. The number of nitrogens with zero attached hydrogens (tertiary/aromatic N) is 1. The summed E-state index contributed by atoms with van der Waals surface area (Å²) in [5.41, 5.74) is 0.356. The summed E-state index contributed by atoms with van der Waals surface area (Å²) >= 11 is 0. The Bertz CT molecular complexity index is 866. The number of sulfonamides is 1. The quantitative estimate of drug-likeness (QED) is 0.785. The Hall–Kier alpha value is -2.45. The van der Waals surface area contributed by atoms with E-state index in [1.54, 1.807) is 30.3 Å². The lowest BCUT2D eigenvalue weighted by Gasteiger charge is -2.24. The minimum absolute atomic E-state index is 0.0344. The lowest BCUT2D eigenvalue weighted by molar-refractivity contribution is -0.120. The topological polar surface area (TPSA) is 75.7 Å². The summed E-state index contributed by atoms with van der Waals surface area (Å²) in [6.07, 6.45) is 1.79. The number of para-hydroxylation sites is 1. The van der Waals surface area contributed by atoms with Crippen molar-refractivity contribution < 1.29 is 22.3 Å². The second-order valence-corrected chi connectivity index (χ2v) is 8.10. The van der Waals surface area contributed by atoms with Gasteiger partial charge in [-0.1, -0.05) is 18.2 Å². The molecule has 1 atom stereocenters. The van der Waals surface area contributed by atoms with Crippen molar-refractivity contribution in [3.05, 3.63) is 60.4 Å². The normalized spacial score (nSPS) is 16.9. The van der Waals surface area contributed by atoms with Gasteiger partial charge >= 0.3 is 0 Å². The molecule has 0 aliphatic carbocycles. The van der Waals surface area contributed by atoms with Gasteiger partial charge in [-0.05, 0) is 49.2 Å². The largest absolute Gasteiger partial charge is 0.376 e. The van der Waals surface area contributed by atoms with Crippen molar-refractivity contribution in [3.63, 3.8) is 0 Å². The highest BCUT2D eigenvalue weighted by Gasteiger charge is 2.27. The number of amides is 1. The van der Waals surface area contributed by atoms with Crippen LogP contribution in [0.2, 0.25) is 0 Å². The number of rotatable bonds is 7. The van der Waals surface area contributed by atoms with Crippen molar-refractivity contribution in [1.29, 1.82) is 0 Å². The molecule has 1 amide bonds. The van der Waals surface area contributed by atoms with Crippen LogP contribution in [0.3, 0.4) is 0 Å². The van der Waals surface area contributed by atoms with Crippen LogP contribution in [-0.4, -0.2) is 40.1 Å². The van der Waals surface area contributed by atoms with Gasteiger partial charge in [-0.25, -0.2) is 12.8 Å². The molecule has 8 heteroatoms. The molecule has 0 radical (unpaired) electrons. The maximum Gasteiger partial charge on any atom is 0.264 e. The highest BCUT2D eigenvalue weighted by atomic mass is 32.2. The fourth-order valence-electron chi connectivity index (χ4n) is 2.86. The maximum atomic E-state index is 13.2. The molecule has 0 spiro atoms. The van der Waals surface area contributed by atoms with Crippen LogP contribution >= 0.6 is 0 Å². The first-order chi connectivity index (χ1) is 13.0. The number of ether oxygens (including phenoxy) is 1. The van der Waals surface area contributed by atoms with Crippen LogP contribution in [0.5, 0.6) is 0 Å². The predicted molar refractivity (Wildman–Crippen MR) is 99.4 cm³/mol. The molecule has 3 rings (SSSR count). The number of halogens is 1. The molecule has 144 valence electrons. The molecular formula is C19H21FN2O4S. The van der Waals surface area contributed by atoms with Crippen molar-refractivity contribution in [2.24, 2.45) is 0 Å². The number of hydrogen-bond donors (Lipinski definition) is 1. The highest BCUT2D eigenvalue weighted by molar-refractivity contribution is 7.92. The van der Waals surface area contributed by atoms with E-state index >= 15 is 0 Å². The Morgan fingerprint density at radius 2 is 1.85 bits per heavy atom. The average Bonchev–Trinajstić information content (AvgIpc) is 3.19. The molecule has 0 saturated carbocycles. The summed E-state index contributed by atoms with van der Waals surface area (Å²) in [7, 11) is -4.03. The first-order valence-electron chi connectivity index (χ1n) is 8.68. The van der Waals surface area contributed by atoms with Gasteiger partial charge in [-0.2, -0.15) is 0 Å². The summed E-state index contributed by atoms with van der Waals surface area (Å²) in [6, 6.07) is 12.9. The third-order valence-electron chi connectivity index (χ3n) is 4.28. The Balaban J connectivity index is 1.80. The van der Waals surface area contributed by atoms with Crippen LogP contribution < -0.4 is 9.62 Å². The van der Waals surface area contributed by atoms with Crippen molar-refractivity contribution in [2.75, 3.05) is 24.0 Å². The van der Waals surface area contributed by atoms with Crippen molar-refractivity contribution in [1.82, 2.24) is 5.32 Å². The van der Waals surface area contributed by atoms with E-state index in [1.807, 2.05) is 0 Å². The van der Waals surface area contributed by atoms with Gasteiger partial charge < -0.3 is 10.1 Å². The third-order valence-corrected chi connectivity index (χ3v) is 6.07. The Kier molecular flexibility index (Phi) is 6.08. The molecule has 2 aromatic carbocycles. The van der Waals surface area contributed by atoms with Gasteiger partial charge in [-0.15, -0.1) is 0 Å². The van der Waals surface area contributed by atoms with Crippen LogP contribution in [0, 0.1) is 5.82 Å². The van der Waals surface area contributed by atoms with Gasteiger partial charge in [0, 0.05) is 13.2 Å². The zero-order valence-corrected chi connectivity index (χ0v) is 15.5. The monoisotopic (exact) mass is 392 g/mol. The Morgan fingerprint density at radius 3 is 2.48 bits per heavy atom. The Morgan fingerprint density at radius 1 is 1.15 bits per heavy atom. The first kappa shape index (κ1) is 19.3. The van der Waals surface area contributed by atoms with E-state index < -0.39 is 21.7 Å². The molecule has 1 aliphatic heterocycles. The maximum absolute atomic E-state index is 13.2. The Labute approximate surface area is 158 Å². The molecule has 6 nitrogen and oxygen atoms in total. The van der Waals surface area contributed by atoms with Crippen LogP contribution in [0.4, 0.5) is 10.1 Å². The molecule has 1 saturated heterocycles. The van der Waals surface area contributed by atoms with Gasteiger partial charge in [0.2, 0.25) is 5.91 Å². The molecule has 2 aromatic rings. The number of carbonyl (C=O) groups excluding carboxylic acids is 1. The zero-order valence-electron chi connectivity index (χ0n) is 14.7. The molecule has 0 unspecified atom stereocenters. The number of carbonyl (C=O) groups is 1. The van der Waals surface area contributed by atoms with Crippen molar-refractivity contribution in [3.8, 4) is 0 Å². The van der Waals surface area contributed by atoms with Gasteiger partial charge in [0.1, 0.15) is 12.4 Å². The average molecular weight is 392 g/mol. The second-order valence-electron chi connectivity index (χ2n) is 6.24. The fourth-order valence-corrected chi connectivity index (χ4v) is 4.28. The van der Waals surface area contributed by atoms with Crippen LogP contribution in [0.25, 0.3) is 0 Å². The number of benzene rings is 2. The van der Waals surface area contributed by atoms with E-state index in [4.69, 9.17) is 4.74 Å². The number of nitrogens with one attached hydrogen (secondary N) is 1. The molecule has 1 fully saturated rings. The molecule has 1 N–H and O–H groups in total.